The van der Waals surface area contributed by atoms with E-state index in [0.717, 1.165) is 0 Å². The van der Waals surface area contributed by atoms with E-state index in [-0.39, 0.29) is 24.0 Å². The summed E-state index contributed by atoms with van der Waals surface area (Å²) in [5.41, 5.74) is 0.371. The number of benzene rings is 1. The number of nitrogens with one attached hydrogen (secondary N) is 1. The number of piperazine rings is 1. The van der Waals surface area contributed by atoms with Gasteiger partial charge in [-0.2, -0.15) is 0 Å². The maximum atomic E-state index is 12.3. The number of hydrogen-bond donors (Lipinski definition) is 1. The Morgan fingerprint density at radius 1 is 1.17 bits per heavy atom. The minimum Gasteiger partial charge on any atom is -0.339 e. The SMILES string of the molecule is CCNC(=O)N1CCN(C(=O)Cc2ccccc2[N+](=O)[O-])CC1. The molecule has 1 N–H and O–H groups in total. The number of rotatable bonds is 4. The number of hydrogen-bond acceptors (Lipinski definition) is 4. The summed E-state index contributed by atoms with van der Waals surface area (Å²) in [6, 6.07) is 6.13. The van der Waals surface area contributed by atoms with E-state index >= 15 is 0 Å². The minimum atomic E-state index is -0.477. The van der Waals surface area contributed by atoms with E-state index in [1.165, 1.54) is 6.07 Å². The maximum Gasteiger partial charge on any atom is 0.317 e. The summed E-state index contributed by atoms with van der Waals surface area (Å²) in [4.78, 5) is 37.9. The first-order chi connectivity index (χ1) is 11.0. The summed E-state index contributed by atoms with van der Waals surface area (Å²) in [6.45, 7) is 4.23. The molecule has 0 aliphatic carbocycles. The number of nitrogens with zero attached hydrogens (tertiary/aromatic N) is 3. The van der Waals surface area contributed by atoms with Crippen LogP contribution in [0.1, 0.15) is 12.5 Å². The van der Waals surface area contributed by atoms with Crippen molar-refractivity contribution in [2.24, 2.45) is 0 Å². The zero-order valence-electron chi connectivity index (χ0n) is 13.0. The zero-order valence-corrected chi connectivity index (χ0v) is 13.0. The third-order valence-electron chi connectivity index (χ3n) is 3.78. The molecule has 1 saturated heterocycles. The minimum absolute atomic E-state index is 0.00168. The molecule has 1 heterocycles. The summed E-state index contributed by atoms with van der Waals surface area (Å²) in [5.74, 6) is -0.158. The molecule has 124 valence electrons. The average molecular weight is 320 g/mol. The summed E-state index contributed by atoms with van der Waals surface area (Å²) < 4.78 is 0. The zero-order chi connectivity index (χ0) is 16.8. The summed E-state index contributed by atoms with van der Waals surface area (Å²) >= 11 is 0. The summed E-state index contributed by atoms with van der Waals surface area (Å²) in [5, 5.41) is 13.7. The summed E-state index contributed by atoms with van der Waals surface area (Å²) in [7, 11) is 0. The lowest BCUT2D eigenvalue weighted by Crippen LogP contribution is -2.53. The van der Waals surface area contributed by atoms with Crippen LogP contribution in [0.3, 0.4) is 0 Å². The molecule has 1 fully saturated rings. The molecule has 0 unspecified atom stereocenters. The predicted molar refractivity (Wildman–Crippen MR) is 84.0 cm³/mol. The van der Waals surface area contributed by atoms with Gasteiger partial charge in [0.2, 0.25) is 5.91 Å². The molecule has 8 heteroatoms. The van der Waals surface area contributed by atoms with E-state index in [0.29, 0.717) is 38.3 Å². The molecule has 0 bridgehead atoms. The van der Waals surface area contributed by atoms with Crippen molar-refractivity contribution in [2.45, 2.75) is 13.3 Å². The molecule has 1 aromatic rings. The molecule has 0 saturated carbocycles. The van der Waals surface area contributed by atoms with Crippen molar-refractivity contribution < 1.29 is 14.5 Å². The highest BCUT2D eigenvalue weighted by molar-refractivity contribution is 5.80. The van der Waals surface area contributed by atoms with Crippen LogP contribution >= 0.6 is 0 Å². The van der Waals surface area contributed by atoms with Gasteiger partial charge in [-0.25, -0.2) is 4.79 Å². The molecule has 2 rings (SSSR count). The highest BCUT2D eigenvalue weighted by Gasteiger charge is 2.25. The second-order valence-electron chi connectivity index (χ2n) is 5.27. The Bertz CT molecular complexity index is 597. The molecule has 0 radical (unpaired) electrons. The molecule has 0 atom stereocenters. The fourth-order valence-electron chi connectivity index (χ4n) is 2.54. The molecule has 1 aromatic carbocycles. The van der Waals surface area contributed by atoms with Crippen molar-refractivity contribution >= 4 is 17.6 Å². The first-order valence-electron chi connectivity index (χ1n) is 7.55. The smallest absolute Gasteiger partial charge is 0.317 e. The van der Waals surface area contributed by atoms with E-state index in [9.17, 15) is 19.7 Å². The largest absolute Gasteiger partial charge is 0.339 e. The molecule has 1 aliphatic rings. The number of urea groups is 1. The Morgan fingerprint density at radius 2 is 1.78 bits per heavy atom. The third kappa shape index (κ3) is 4.18. The van der Waals surface area contributed by atoms with Crippen molar-refractivity contribution in [1.29, 1.82) is 0 Å². The lowest BCUT2D eigenvalue weighted by atomic mass is 10.1. The molecule has 23 heavy (non-hydrogen) atoms. The van der Waals surface area contributed by atoms with Crippen molar-refractivity contribution in [3.63, 3.8) is 0 Å². The third-order valence-corrected chi connectivity index (χ3v) is 3.78. The van der Waals surface area contributed by atoms with Crippen molar-refractivity contribution in [2.75, 3.05) is 32.7 Å². The second kappa shape index (κ2) is 7.57. The monoisotopic (exact) mass is 320 g/mol. The molecular formula is C15H20N4O4. The van der Waals surface area contributed by atoms with Gasteiger partial charge in [0, 0.05) is 44.4 Å². The fourth-order valence-corrected chi connectivity index (χ4v) is 2.54. The van der Waals surface area contributed by atoms with E-state index in [4.69, 9.17) is 0 Å². The number of amides is 3. The van der Waals surface area contributed by atoms with E-state index in [2.05, 4.69) is 5.32 Å². The quantitative estimate of drug-likeness (QED) is 0.661. The fraction of sp³-hybridized carbons (Fsp3) is 0.467. The van der Waals surface area contributed by atoms with Gasteiger partial charge in [0.15, 0.2) is 0 Å². The van der Waals surface area contributed by atoms with Gasteiger partial charge in [0.05, 0.1) is 11.3 Å². The first kappa shape index (κ1) is 16.7. The Labute approximate surface area is 134 Å². The van der Waals surface area contributed by atoms with Crippen LogP contribution in [0.15, 0.2) is 24.3 Å². The van der Waals surface area contributed by atoms with Crippen molar-refractivity contribution in [1.82, 2.24) is 15.1 Å². The van der Waals surface area contributed by atoms with E-state index < -0.39 is 4.92 Å². The topological polar surface area (TPSA) is 95.8 Å². The highest BCUT2D eigenvalue weighted by Crippen LogP contribution is 2.19. The number of carbonyl (C=O) groups excluding carboxylic acids is 2. The van der Waals surface area contributed by atoms with Crippen LogP contribution in [-0.2, 0) is 11.2 Å². The molecule has 0 spiro atoms. The first-order valence-corrected chi connectivity index (χ1v) is 7.55. The van der Waals surface area contributed by atoms with E-state index in [1.807, 2.05) is 6.92 Å². The van der Waals surface area contributed by atoms with Gasteiger partial charge < -0.3 is 15.1 Å². The number of carbonyl (C=O) groups is 2. The lowest BCUT2D eigenvalue weighted by molar-refractivity contribution is -0.385. The van der Waals surface area contributed by atoms with Gasteiger partial charge >= 0.3 is 6.03 Å². The molecule has 1 aliphatic heterocycles. The van der Waals surface area contributed by atoms with Crippen LogP contribution in [0.4, 0.5) is 10.5 Å². The van der Waals surface area contributed by atoms with Crippen molar-refractivity contribution in [3.8, 4) is 0 Å². The maximum absolute atomic E-state index is 12.3. The molecular weight excluding hydrogens is 300 g/mol. The second-order valence-corrected chi connectivity index (χ2v) is 5.27. The standard InChI is InChI=1S/C15H20N4O4/c1-2-16-15(21)18-9-7-17(8-10-18)14(20)11-12-5-3-4-6-13(12)19(22)23/h3-6H,2,7-11H2,1H3,(H,16,21). The Morgan fingerprint density at radius 3 is 2.39 bits per heavy atom. The van der Waals surface area contributed by atoms with Crippen LogP contribution in [0, 0.1) is 10.1 Å². The molecule has 8 nitrogen and oxygen atoms in total. The van der Waals surface area contributed by atoms with E-state index in [1.54, 1.807) is 28.0 Å². The van der Waals surface area contributed by atoms with Gasteiger partial charge in [0.25, 0.3) is 5.69 Å². The van der Waals surface area contributed by atoms with Crippen LogP contribution in [0.2, 0.25) is 0 Å². The van der Waals surface area contributed by atoms with Crippen LogP contribution in [0.5, 0.6) is 0 Å². The molecule has 0 aromatic heterocycles. The van der Waals surface area contributed by atoms with Crippen molar-refractivity contribution in [3.05, 3.63) is 39.9 Å². The van der Waals surface area contributed by atoms with Gasteiger partial charge in [-0.1, -0.05) is 18.2 Å². The molecule has 3 amide bonds. The van der Waals surface area contributed by atoms with Gasteiger partial charge in [-0.15, -0.1) is 0 Å². The normalized spacial score (nSPS) is 14.5. The van der Waals surface area contributed by atoms with Gasteiger partial charge in [0.1, 0.15) is 0 Å². The van der Waals surface area contributed by atoms with Crippen LogP contribution in [0.25, 0.3) is 0 Å². The van der Waals surface area contributed by atoms with Crippen LogP contribution in [-0.4, -0.2) is 59.4 Å². The Kier molecular flexibility index (Phi) is 5.51. The van der Waals surface area contributed by atoms with Gasteiger partial charge in [-0.05, 0) is 6.92 Å². The predicted octanol–water partition coefficient (Wildman–Crippen LogP) is 1.01. The number of nitro benzene ring substituents is 1. The van der Waals surface area contributed by atoms with Crippen LogP contribution < -0.4 is 5.32 Å². The average Bonchev–Trinajstić information content (AvgIpc) is 2.55. The highest BCUT2D eigenvalue weighted by atomic mass is 16.6. The summed E-state index contributed by atoms with van der Waals surface area (Å²) in [6.07, 6.45) is -0.00168. The number of nitro groups is 1. The Hall–Kier alpha value is -2.64. The lowest BCUT2D eigenvalue weighted by Gasteiger charge is -2.34. The van der Waals surface area contributed by atoms with Gasteiger partial charge in [-0.3, -0.25) is 14.9 Å². The number of para-hydroxylation sites is 1. The Balaban J connectivity index is 1.93.